The van der Waals surface area contributed by atoms with Crippen LogP contribution in [0.5, 0.6) is 0 Å². The Morgan fingerprint density at radius 1 is 1.40 bits per heavy atom. The highest BCUT2D eigenvalue weighted by molar-refractivity contribution is 6.30. The van der Waals surface area contributed by atoms with Crippen LogP contribution < -0.4 is 5.32 Å². The van der Waals surface area contributed by atoms with E-state index in [9.17, 15) is 14.3 Å². The fourth-order valence-electron chi connectivity index (χ4n) is 4.56. The lowest BCUT2D eigenvalue weighted by Gasteiger charge is -2.26. The number of aromatic nitrogens is 1. The Morgan fingerprint density at radius 3 is 2.97 bits per heavy atom. The number of carbonyl (C=O) groups is 1. The van der Waals surface area contributed by atoms with E-state index in [0.717, 1.165) is 42.5 Å². The topological polar surface area (TPSA) is 94.9 Å². The molecule has 0 spiro atoms. The van der Waals surface area contributed by atoms with Gasteiger partial charge in [-0.15, -0.1) is 0 Å². The molecule has 3 N–H and O–H groups in total. The number of pyridine rings is 1. The van der Waals surface area contributed by atoms with Crippen molar-refractivity contribution in [2.45, 2.75) is 63.7 Å². The summed E-state index contributed by atoms with van der Waals surface area (Å²) in [5.74, 6) is -1.24. The van der Waals surface area contributed by atoms with E-state index in [-0.39, 0.29) is 30.0 Å². The van der Waals surface area contributed by atoms with Crippen molar-refractivity contribution in [1.29, 1.82) is 0 Å². The molecule has 1 aliphatic heterocycles. The number of ether oxygens (including phenoxy) is 1. The average molecular weight is 508 g/mol. The van der Waals surface area contributed by atoms with Gasteiger partial charge in [0.15, 0.2) is 0 Å². The molecule has 0 amide bonds. The minimum Gasteiger partial charge on any atom is -0.481 e. The Hall–Kier alpha value is -2.10. The third kappa shape index (κ3) is 8.51. The highest BCUT2D eigenvalue weighted by Gasteiger charge is 2.25. The zero-order chi connectivity index (χ0) is 25.2. The van der Waals surface area contributed by atoms with Crippen LogP contribution in [0.2, 0.25) is 5.02 Å². The van der Waals surface area contributed by atoms with Crippen molar-refractivity contribution in [3.63, 3.8) is 0 Å². The molecule has 1 fully saturated rings. The second-order valence-corrected chi connectivity index (χ2v) is 9.43. The summed E-state index contributed by atoms with van der Waals surface area (Å²) in [4.78, 5) is 17.4. The molecule has 7 nitrogen and oxygen atoms in total. The van der Waals surface area contributed by atoms with Gasteiger partial charge in [-0.05, 0) is 73.5 Å². The second-order valence-electron chi connectivity index (χ2n) is 9.03. The van der Waals surface area contributed by atoms with E-state index in [1.54, 1.807) is 18.5 Å². The molecular weight excluding hydrogens is 473 g/mol. The van der Waals surface area contributed by atoms with Crippen LogP contribution in [0.3, 0.4) is 0 Å². The van der Waals surface area contributed by atoms with Gasteiger partial charge in [0, 0.05) is 38.1 Å². The lowest BCUT2D eigenvalue weighted by atomic mass is 9.99. The maximum Gasteiger partial charge on any atom is 0.303 e. The maximum atomic E-state index is 13.8. The molecule has 9 heteroatoms. The number of nitrogens with one attached hydrogen (secondary N) is 1. The van der Waals surface area contributed by atoms with Gasteiger partial charge in [0.1, 0.15) is 5.82 Å². The van der Waals surface area contributed by atoms with Crippen LogP contribution >= 0.6 is 11.6 Å². The molecule has 35 heavy (non-hydrogen) atoms. The van der Waals surface area contributed by atoms with Gasteiger partial charge in [-0.2, -0.15) is 0 Å². The van der Waals surface area contributed by atoms with E-state index in [1.165, 1.54) is 6.07 Å². The molecule has 0 saturated carbocycles. The number of likely N-dealkylation sites (tertiary alicyclic amines) is 1. The third-order valence-electron chi connectivity index (χ3n) is 6.41. The van der Waals surface area contributed by atoms with E-state index in [4.69, 9.17) is 21.4 Å². The highest BCUT2D eigenvalue weighted by Crippen LogP contribution is 2.25. The van der Waals surface area contributed by atoms with E-state index in [1.807, 2.05) is 19.1 Å². The number of aliphatic hydroxyl groups is 1. The van der Waals surface area contributed by atoms with Crippen LogP contribution in [0.1, 0.15) is 55.4 Å². The third-order valence-corrected chi connectivity index (χ3v) is 6.71. The van der Waals surface area contributed by atoms with Gasteiger partial charge < -0.3 is 20.3 Å². The van der Waals surface area contributed by atoms with Crippen LogP contribution in [0.25, 0.3) is 0 Å². The SMILES string of the molecule is CCC(OC[C@H](O)CNCN1CCC[C@H]1Cc1ccc(Cl)c(F)c1)c1ccncc1CCC(=O)O. The van der Waals surface area contributed by atoms with Crippen molar-refractivity contribution in [2.75, 3.05) is 26.4 Å². The van der Waals surface area contributed by atoms with Crippen molar-refractivity contribution in [3.05, 3.63) is 64.2 Å². The Balaban J connectivity index is 1.44. The number of aliphatic hydroxyl groups excluding tert-OH is 1. The smallest absolute Gasteiger partial charge is 0.303 e. The van der Waals surface area contributed by atoms with Gasteiger partial charge in [-0.3, -0.25) is 14.7 Å². The summed E-state index contributed by atoms with van der Waals surface area (Å²) < 4.78 is 19.8. The molecule has 2 aromatic rings. The van der Waals surface area contributed by atoms with Crippen molar-refractivity contribution in [3.8, 4) is 0 Å². The first-order valence-corrected chi connectivity index (χ1v) is 12.6. The molecule has 192 valence electrons. The summed E-state index contributed by atoms with van der Waals surface area (Å²) in [7, 11) is 0. The maximum absolute atomic E-state index is 13.8. The van der Waals surface area contributed by atoms with Gasteiger partial charge in [0.2, 0.25) is 0 Å². The normalized spacial score (nSPS) is 18.0. The molecule has 1 unspecified atom stereocenters. The monoisotopic (exact) mass is 507 g/mol. The molecule has 0 bridgehead atoms. The largest absolute Gasteiger partial charge is 0.481 e. The molecule has 1 aromatic carbocycles. The predicted octanol–water partition coefficient (Wildman–Crippen LogP) is 3.97. The molecule has 1 saturated heterocycles. The average Bonchev–Trinajstić information content (AvgIpc) is 3.27. The number of rotatable bonds is 14. The van der Waals surface area contributed by atoms with E-state index < -0.39 is 12.1 Å². The van der Waals surface area contributed by atoms with Gasteiger partial charge >= 0.3 is 5.97 Å². The summed E-state index contributed by atoms with van der Waals surface area (Å²) in [5, 5.41) is 22.9. The Labute approximate surface area is 211 Å². The molecule has 3 rings (SSSR count). The number of nitrogens with zero attached hydrogens (tertiary/aromatic N) is 2. The number of hydrogen-bond acceptors (Lipinski definition) is 6. The molecular formula is C26H35ClFN3O4. The zero-order valence-corrected chi connectivity index (χ0v) is 20.9. The fourth-order valence-corrected chi connectivity index (χ4v) is 4.68. The predicted molar refractivity (Wildman–Crippen MR) is 133 cm³/mol. The number of halogens is 2. The first-order valence-electron chi connectivity index (χ1n) is 12.2. The number of aryl methyl sites for hydroxylation is 1. The molecule has 2 heterocycles. The van der Waals surface area contributed by atoms with Crippen molar-refractivity contribution >= 4 is 17.6 Å². The molecule has 1 aliphatic rings. The van der Waals surface area contributed by atoms with Gasteiger partial charge in [0.25, 0.3) is 0 Å². The van der Waals surface area contributed by atoms with Crippen LogP contribution in [0, 0.1) is 5.82 Å². The number of hydrogen-bond donors (Lipinski definition) is 3. The minimum absolute atomic E-state index is 0.0339. The number of benzene rings is 1. The summed E-state index contributed by atoms with van der Waals surface area (Å²) in [6, 6.07) is 7.15. The second kappa shape index (κ2) is 13.8. The van der Waals surface area contributed by atoms with Crippen LogP contribution in [-0.4, -0.2) is 64.6 Å². The van der Waals surface area contributed by atoms with Crippen molar-refractivity contribution in [2.24, 2.45) is 0 Å². The molecule has 0 radical (unpaired) electrons. The van der Waals surface area contributed by atoms with Crippen LogP contribution in [0.15, 0.2) is 36.7 Å². The van der Waals surface area contributed by atoms with E-state index in [2.05, 4.69) is 15.2 Å². The molecule has 3 atom stereocenters. The molecule has 1 aromatic heterocycles. The van der Waals surface area contributed by atoms with E-state index >= 15 is 0 Å². The number of aliphatic carboxylic acids is 1. The Bertz CT molecular complexity index is 964. The van der Waals surface area contributed by atoms with Gasteiger partial charge in [-0.25, -0.2) is 4.39 Å². The fraction of sp³-hybridized carbons (Fsp3) is 0.538. The Morgan fingerprint density at radius 2 is 2.23 bits per heavy atom. The van der Waals surface area contributed by atoms with Crippen LogP contribution in [-0.2, 0) is 22.4 Å². The summed E-state index contributed by atoms with van der Waals surface area (Å²) in [6.07, 6.45) is 6.46. The molecule has 0 aliphatic carbocycles. The highest BCUT2D eigenvalue weighted by atomic mass is 35.5. The standard InChI is InChI=1S/C26H35ClFN3O4/c1-2-25(22-9-10-29-14-19(22)6-8-26(33)34)35-16-21(32)15-30-17-31-11-3-4-20(31)12-18-5-7-23(27)24(28)13-18/h5,7,9-10,13-14,20-21,25,30,32H,2-4,6,8,11-12,15-17H2,1H3,(H,33,34)/t20-,21+,25?/m0/s1. The Kier molecular flexibility index (Phi) is 10.9. The van der Waals surface area contributed by atoms with Crippen LogP contribution in [0.4, 0.5) is 4.39 Å². The zero-order valence-electron chi connectivity index (χ0n) is 20.1. The first kappa shape index (κ1) is 27.5. The number of carboxylic acids is 1. The van der Waals surface area contributed by atoms with Gasteiger partial charge in [-0.1, -0.05) is 24.6 Å². The lowest BCUT2D eigenvalue weighted by molar-refractivity contribution is -0.136. The first-order chi connectivity index (χ1) is 16.9. The minimum atomic E-state index is -0.851. The van der Waals surface area contributed by atoms with Crippen molar-refractivity contribution < 1.29 is 24.1 Å². The van der Waals surface area contributed by atoms with Crippen molar-refractivity contribution in [1.82, 2.24) is 15.2 Å². The number of carboxylic acid groups (broad SMARTS) is 1. The summed E-state index contributed by atoms with van der Waals surface area (Å²) in [6.45, 7) is 4.14. The lowest BCUT2D eigenvalue weighted by Crippen LogP contribution is -2.42. The van der Waals surface area contributed by atoms with Gasteiger partial charge in [0.05, 0.1) is 23.8 Å². The summed E-state index contributed by atoms with van der Waals surface area (Å²) in [5.41, 5.74) is 2.71. The quantitative estimate of drug-likeness (QED) is 0.356. The summed E-state index contributed by atoms with van der Waals surface area (Å²) >= 11 is 5.79. The van der Waals surface area contributed by atoms with E-state index in [0.29, 0.717) is 32.1 Å².